The third-order valence-corrected chi connectivity index (χ3v) is 1.03. The van der Waals surface area contributed by atoms with E-state index in [2.05, 4.69) is 27.5 Å². The van der Waals surface area contributed by atoms with E-state index in [1.54, 1.807) is 0 Å². The number of allylic oxidation sites excluding steroid dienone is 4. The zero-order valence-electron chi connectivity index (χ0n) is 10.7. The van der Waals surface area contributed by atoms with Crippen molar-refractivity contribution in [3.8, 4) is 0 Å². The zero-order valence-corrected chi connectivity index (χ0v) is 14.8. The van der Waals surface area contributed by atoms with E-state index in [0.717, 1.165) is 6.42 Å². The Morgan fingerprint density at radius 1 is 1.12 bits per heavy atom. The number of hydrogen-bond acceptors (Lipinski definition) is 0. The van der Waals surface area contributed by atoms with E-state index in [1.165, 1.54) is 24.2 Å². The largest absolute Gasteiger partial charge is 0.484 e. The van der Waals surface area contributed by atoms with Gasteiger partial charge in [0.2, 0.25) is 0 Å². The molecule has 0 aromatic carbocycles. The SMILES string of the molecule is Cl.Cl.[C-]1=CC=CC1.[CH2]=[Zr].[CH3-].[CH3-].[CH3-].[c-]1ccc[nH]1. The molecule has 0 unspecified atom stereocenters. The minimum Gasteiger partial charge on any atom is -0.484 e. The summed E-state index contributed by atoms with van der Waals surface area (Å²) in [6, 6.07) is 3.71. The summed E-state index contributed by atoms with van der Waals surface area (Å²) in [6.45, 7) is 0. The molecule has 0 saturated heterocycles. The third-order valence-electron chi connectivity index (χ3n) is 1.03. The molecule has 1 aromatic rings. The average molecular weight is 354 g/mol. The maximum Gasteiger partial charge on any atom is -0.108 e. The minimum absolute atomic E-state index is 0. The molecule has 1 N–H and O–H groups in total. The standard InChI is InChI=1S/C5H5.C4H4N.3CH3.CH2.2ClH.Zr/c2*1-2-4-5-3-1;;;;;;;/h1-3H,4H2;1-3,5H;3*1H3;1H2;2*1H;/q5*-1;;;;. The predicted molar refractivity (Wildman–Crippen MR) is 82.1 cm³/mol. The van der Waals surface area contributed by atoms with E-state index in [4.69, 9.17) is 0 Å². The number of hydrogen-bond donors (Lipinski definition) is 1. The van der Waals surface area contributed by atoms with Crippen LogP contribution >= 0.6 is 24.8 Å². The van der Waals surface area contributed by atoms with Crippen LogP contribution in [0.4, 0.5) is 0 Å². The Labute approximate surface area is 135 Å². The van der Waals surface area contributed by atoms with Gasteiger partial charge >= 0.3 is 28.4 Å². The Morgan fingerprint density at radius 2 is 1.71 bits per heavy atom. The molecule has 0 saturated carbocycles. The van der Waals surface area contributed by atoms with Crippen LogP contribution < -0.4 is 0 Å². The number of rotatable bonds is 0. The van der Waals surface area contributed by atoms with Gasteiger partial charge in [0.1, 0.15) is 0 Å². The number of nitrogens with one attached hydrogen (secondary N) is 1. The summed E-state index contributed by atoms with van der Waals surface area (Å²) in [6.07, 6.45) is 14.6. The molecule has 0 atom stereocenters. The van der Waals surface area contributed by atoms with Crippen LogP contribution in [0.1, 0.15) is 6.42 Å². The van der Waals surface area contributed by atoms with E-state index in [0.29, 0.717) is 0 Å². The molecule has 1 nitrogen and oxygen atoms in total. The predicted octanol–water partition coefficient (Wildman–Crippen LogP) is 4.28. The van der Waals surface area contributed by atoms with Gasteiger partial charge in [0.25, 0.3) is 0 Å². The average Bonchev–Trinajstić information content (AvgIpc) is 2.87. The normalized spacial score (nSPS) is 7.71. The van der Waals surface area contributed by atoms with Gasteiger partial charge in [-0.3, -0.25) is 6.08 Å². The zero-order chi connectivity index (χ0) is 9.07. The number of halogens is 2. The van der Waals surface area contributed by atoms with Crippen molar-refractivity contribution in [1.29, 1.82) is 0 Å². The first-order valence-electron chi connectivity index (χ1n) is 3.56. The summed E-state index contributed by atoms with van der Waals surface area (Å²) in [5, 5.41) is 0. The van der Waals surface area contributed by atoms with Crippen LogP contribution in [0.2, 0.25) is 0 Å². The summed E-state index contributed by atoms with van der Waals surface area (Å²) in [5.74, 6) is 0. The van der Waals surface area contributed by atoms with Crippen molar-refractivity contribution < 1.29 is 24.2 Å². The molecule has 1 heterocycles. The summed E-state index contributed by atoms with van der Waals surface area (Å²) in [7, 11) is 0. The molecule has 102 valence electrons. The molecule has 0 aliphatic heterocycles. The molecule has 4 heteroatoms. The fourth-order valence-corrected chi connectivity index (χ4v) is 0.581. The van der Waals surface area contributed by atoms with Gasteiger partial charge < -0.3 is 27.3 Å². The molecule has 1 aliphatic rings. The van der Waals surface area contributed by atoms with Crippen molar-refractivity contribution >= 4 is 29.0 Å². The number of aromatic nitrogens is 1. The van der Waals surface area contributed by atoms with Gasteiger partial charge in [-0.2, -0.15) is 24.4 Å². The van der Waals surface area contributed by atoms with Crippen molar-refractivity contribution in [1.82, 2.24) is 4.98 Å². The molecular formula is C13H22Cl2NZr-5. The smallest absolute Gasteiger partial charge is 0.108 e. The van der Waals surface area contributed by atoms with Crippen LogP contribution in [0.5, 0.6) is 0 Å². The van der Waals surface area contributed by atoms with E-state index in [1.807, 2.05) is 30.5 Å². The quantitative estimate of drug-likeness (QED) is 0.670. The van der Waals surface area contributed by atoms with Crippen LogP contribution in [0.25, 0.3) is 0 Å². The number of aromatic amines is 1. The van der Waals surface area contributed by atoms with Gasteiger partial charge in [-0.1, -0.05) is 0 Å². The molecule has 2 rings (SSSR count). The summed E-state index contributed by atoms with van der Waals surface area (Å²) in [4.78, 5) is 2.74. The van der Waals surface area contributed by atoms with Gasteiger partial charge in [0, 0.05) is 0 Å². The summed E-state index contributed by atoms with van der Waals surface area (Å²) >= 11 is 1.30. The van der Waals surface area contributed by atoms with Gasteiger partial charge in [0.05, 0.1) is 0 Å². The van der Waals surface area contributed by atoms with E-state index in [-0.39, 0.29) is 47.1 Å². The van der Waals surface area contributed by atoms with E-state index >= 15 is 0 Å². The molecule has 0 bridgehead atoms. The van der Waals surface area contributed by atoms with Crippen LogP contribution in [0.15, 0.2) is 36.6 Å². The Hall–Kier alpha value is 0.0931. The molecule has 0 radical (unpaired) electrons. The second-order valence-electron chi connectivity index (χ2n) is 1.82. The minimum atomic E-state index is 0. The molecule has 0 spiro atoms. The monoisotopic (exact) mass is 352 g/mol. The van der Waals surface area contributed by atoms with Crippen LogP contribution in [0, 0.1) is 34.6 Å². The topological polar surface area (TPSA) is 15.8 Å². The van der Waals surface area contributed by atoms with E-state index < -0.39 is 0 Å². The maximum absolute atomic E-state index is 3.34. The molecule has 1 aromatic heterocycles. The van der Waals surface area contributed by atoms with Gasteiger partial charge in [-0.15, -0.1) is 37.4 Å². The van der Waals surface area contributed by atoms with Crippen LogP contribution in [0.3, 0.4) is 0 Å². The molecule has 0 amide bonds. The Bertz CT molecular complexity index is 194. The Kier molecular flexibility index (Phi) is 76.2. The van der Waals surface area contributed by atoms with Gasteiger partial charge in [0.15, 0.2) is 0 Å². The molecule has 1 aliphatic carbocycles. The molecule has 17 heavy (non-hydrogen) atoms. The van der Waals surface area contributed by atoms with Crippen molar-refractivity contribution in [3.05, 3.63) is 71.1 Å². The fourth-order valence-electron chi connectivity index (χ4n) is 0.581. The first-order chi connectivity index (χ1) is 6.00. The van der Waals surface area contributed by atoms with Crippen molar-refractivity contribution in [3.63, 3.8) is 0 Å². The first kappa shape index (κ1) is 36.0. The fraction of sp³-hybridized carbons (Fsp3) is 0.0769. The summed E-state index contributed by atoms with van der Waals surface area (Å²) < 4.78 is 3.34. The maximum atomic E-state index is 3.34. The second-order valence-corrected chi connectivity index (χ2v) is 1.82. The molecule has 0 fully saturated rings. The Balaban J connectivity index is -0.0000000247. The number of H-pyrrole nitrogens is 1. The molecular weight excluding hydrogens is 332 g/mol. The van der Waals surface area contributed by atoms with Crippen LogP contribution in [-0.2, 0) is 24.2 Å². The summed E-state index contributed by atoms with van der Waals surface area (Å²) in [5.41, 5.74) is 0. The van der Waals surface area contributed by atoms with Crippen LogP contribution in [-0.4, -0.2) is 9.20 Å². The first-order valence-corrected chi connectivity index (χ1v) is 5.30. The van der Waals surface area contributed by atoms with Gasteiger partial charge in [-0.25, -0.2) is 12.2 Å². The van der Waals surface area contributed by atoms with Crippen molar-refractivity contribution in [2.75, 3.05) is 0 Å². The second kappa shape index (κ2) is 36.0. The van der Waals surface area contributed by atoms with Crippen molar-refractivity contribution in [2.24, 2.45) is 0 Å². The Morgan fingerprint density at radius 3 is 1.82 bits per heavy atom. The van der Waals surface area contributed by atoms with Gasteiger partial charge in [-0.05, 0) is 0 Å². The third kappa shape index (κ3) is 31.4. The van der Waals surface area contributed by atoms with Crippen molar-refractivity contribution in [2.45, 2.75) is 6.42 Å². The van der Waals surface area contributed by atoms with E-state index in [9.17, 15) is 0 Å².